The molecule has 3 heterocycles. The molecular formula is C23H32FN5O. The highest BCUT2D eigenvalue weighted by atomic mass is 19.1. The fourth-order valence-electron chi connectivity index (χ4n) is 4.48. The summed E-state index contributed by atoms with van der Waals surface area (Å²) < 4.78 is 15.9. The number of amides is 1. The number of benzene rings is 1. The third-order valence-electron chi connectivity index (χ3n) is 6.19. The Morgan fingerprint density at radius 2 is 2.03 bits per heavy atom. The number of carbonyl (C=O) groups excluding carboxylic acids is 1. The molecule has 1 aromatic heterocycles. The fourth-order valence-corrected chi connectivity index (χ4v) is 4.48. The first-order valence-electron chi connectivity index (χ1n) is 11.1. The number of aryl methyl sites for hydroxylation is 2. The molecule has 30 heavy (non-hydrogen) atoms. The second-order valence-electron chi connectivity index (χ2n) is 8.57. The first-order valence-corrected chi connectivity index (χ1v) is 11.1. The van der Waals surface area contributed by atoms with E-state index >= 15 is 0 Å². The zero-order valence-corrected chi connectivity index (χ0v) is 18.0. The Bertz CT molecular complexity index is 931. The van der Waals surface area contributed by atoms with Crippen molar-refractivity contribution >= 4 is 28.6 Å². The van der Waals surface area contributed by atoms with Gasteiger partial charge in [0.15, 0.2) is 0 Å². The lowest BCUT2D eigenvalue weighted by atomic mass is 10.1. The van der Waals surface area contributed by atoms with Crippen LogP contribution in [-0.2, 0) is 11.8 Å². The number of halogens is 1. The van der Waals surface area contributed by atoms with Crippen molar-refractivity contribution in [2.75, 3.05) is 42.9 Å². The minimum absolute atomic E-state index is 0.123. The predicted octanol–water partition coefficient (Wildman–Crippen LogP) is 3.80. The second-order valence-corrected chi connectivity index (χ2v) is 8.57. The van der Waals surface area contributed by atoms with E-state index < -0.39 is 6.17 Å². The number of hydrogen-bond donors (Lipinski definition) is 1. The number of piperidine rings is 2. The number of fused-ring (bicyclic) bond motifs is 1. The van der Waals surface area contributed by atoms with Gasteiger partial charge in [0, 0.05) is 31.9 Å². The summed E-state index contributed by atoms with van der Waals surface area (Å²) in [7, 11) is 1.97. The van der Waals surface area contributed by atoms with Crippen molar-refractivity contribution in [3.63, 3.8) is 0 Å². The average molecular weight is 414 g/mol. The van der Waals surface area contributed by atoms with Gasteiger partial charge in [-0.25, -0.2) is 9.37 Å². The number of nitrogens with one attached hydrogen (secondary N) is 1. The Balaban J connectivity index is 1.46. The summed E-state index contributed by atoms with van der Waals surface area (Å²) in [5.74, 6) is 0.665. The van der Waals surface area contributed by atoms with Gasteiger partial charge in [-0.1, -0.05) is 12.5 Å². The third kappa shape index (κ3) is 4.67. The van der Waals surface area contributed by atoms with Crippen molar-refractivity contribution < 1.29 is 9.18 Å². The van der Waals surface area contributed by atoms with Crippen molar-refractivity contribution in [3.05, 3.63) is 29.8 Å². The molecule has 1 amide bonds. The van der Waals surface area contributed by atoms with Crippen LogP contribution in [0.1, 0.15) is 37.7 Å². The van der Waals surface area contributed by atoms with Gasteiger partial charge in [0.25, 0.3) is 0 Å². The second kappa shape index (κ2) is 9.16. The van der Waals surface area contributed by atoms with E-state index in [1.54, 1.807) is 6.08 Å². The normalized spacial score (nSPS) is 20.9. The summed E-state index contributed by atoms with van der Waals surface area (Å²) in [6, 6.07) is 3.96. The van der Waals surface area contributed by atoms with Crippen molar-refractivity contribution in [3.8, 4) is 0 Å². The molecule has 0 aliphatic carbocycles. The predicted molar refractivity (Wildman–Crippen MR) is 120 cm³/mol. The lowest BCUT2D eigenvalue weighted by Gasteiger charge is -2.29. The topological polar surface area (TPSA) is 53.4 Å². The number of imidazole rings is 1. The number of alkyl halides is 1. The molecule has 0 radical (unpaired) electrons. The molecule has 7 heteroatoms. The van der Waals surface area contributed by atoms with Crippen molar-refractivity contribution in [1.29, 1.82) is 0 Å². The molecule has 162 valence electrons. The van der Waals surface area contributed by atoms with Gasteiger partial charge in [-0.05, 0) is 63.4 Å². The number of anilines is 2. The lowest BCUT2D eigenvalue weighted by molar-refractivity contribution is -0.111. The van der Waals surface area contributed by atoms with Crippen LogP contribution >= 0.6 is 0 Å². The quantitative estimate of drug-likeness (QED) is 0.758. The zero-order chi connectivity index (χ0) is 21.1. The number of hydrogen-bond acceptors (Lipinski definition) is 4. The molecule has 4 rings (SSSR count). The molecule has 2 aromatic rings. The van der Waals surface area contributed by atoms with E-state index in [9.17, 15) is 9.18 Å². The van der Waals surface area contributed by atoms with Crippen LogP contribution in [0.2, 0.25) is 0 Å². The van der Waals surface area contributed by atoms with Crippen LogP contribution in [-0.4, -0.2) is 59.3 Å². The average Bonchev–Trinajstić information content (AvgIpc) is 3.05. The Kier molecular flexibility index (Phi) is 6.37. The monoisotopic (exact) mass is 413 g/mol. The van der Waals surface area contributed by atoms with Crippen LogP contribution < -0.4 is 10.2 Å². The SMILES string of the molecule is Cc1cc2c(cc1NC(=O)/C=C/CN1CCCCC1)nc(N1CCCC(F)C1)n2C. The molecule has 6 nitrogen and oxygen atoms in total. The van der Waals surface area contributed by atoms with E-state index in [-0.39, 0.29) is 5.91 Å². The first-order chi connectivity index (χ1) is 14.5. The molecule has 0 bridgehead atoms. The van der Waals surface area contributed by atoms with Gasteiger partial charge < -0.3 is 14.8 Å². The van der Waals surface area contributed by atoms with E-state index in [0.29, 0.717) is 13.0 Å². The van der Waals surface area contributed by atoms with E-state index in [1.165, 1.54) is 19.3 Å². The molecular weight excluding hydrogens is 381 g/mol. The van der Waals surface area contributed by atoms with Crippen LogP contribution in [0.5, 0.6) is 0 Å². The van der Waals surface area contributed by atoms with Crippen LogP contribution in [0.15, 0.2) is 24.3 Å². The summed E-state index contributed by atoms with van der Waals surface area (Å²) in [4.78, 5) is 21.6. The largest absolute Gasteiger partial charge is 0.339 e. The molecule has 0 saturated carbocycles. The molecule has 2 fully saturated rings. The molecule has 2 aliphatic rings. The lowest BCUT2D eigenvalue weighted by Crippen LogP contribution is -2.37. The van der Waals surface area contributed by atoms with Gasteiger partial charge in [-0.2, -0.15) is 0 Å². The number of rotatable bonds is 5. The molecule has 1 aromatic carbocycles. The maximum Gasteiger partial charge on any atom is 0.248 e. The van der Waals surface area contributed by atoms with Crippen LogP contribution in [0.25, 0.3) is 11.0 Å². The number of carbonyl (C=O) groups is 1. The van der Waals surface area contributed by atoms with Gasteiger partial charge in [0.2, 0.25) is 11.9 Å². The summed E-state index contributed by atoms with van der Waals surface area (Å²) in [6.07, 6.45) is 8.03. The number of nitrogens with zero attached hydrogens (tertiary/aromatic N) is 4. The Labute approximate surface area is 177 Å². The van der Waals surface area contributed by atoms with Gasteiger partial charge in [0.1, 0.15) is 6.17 Å². The van der Waals surface area contributed by atoms with Crippen molar-refractivity contribution in [1.82, 2.24) is 14.5 Å². The highest BCUT2D eigenvalue weighted by Gasteiger charge is 2.23. The summed E-state index contributed by atoms with van der Waals surface area (Å²) >= 11 is 0. The minimum atomic E-state index is -0.799. The Hall–Kier alpha value is -2.41. The molecule has 2 aliphatic heterocycles. The molecule has 1 unspecified atom stereocenters. The minimum Gasteiger partial charge on any atom is -0.339 e. The van der Waals surface area contributed by atoms with E-state index in [2.05, 4.69) is 10.2 Å². The van der Waals surface area contributed by atoms with Crippen LogP contribution in [0.4, 0.5) is 16.0 Å². The zero-order valence-electron chi connectivity index (χ0n) is 18.0. The summed E-state index contributed by atoms with van der Waals surface area (Å²) in [5, 5.41) is 2.99. The van der Waals surface area contributed by atoms with Gasteiger partial charge in [-0.3, -0.25) is 9.69 Å². The van der Waals surface area contributed by atoms with Crippen LogP contribution in [0, 0.1) is 6.92 Å². The smallest absolute Gasteiger partial charge is 0.248 e. The molecule has 0 spiro atoms. The highest BCUT2D eigenvalue weighted by Crippen LogP contribution is 2.28. The van der Waals surface area contributed by atoms with E-state index in [0.717, 1.165) is 60.8 Å². The maximum absolute atomic E-state index is 13.9. The highest BCUT2D eigenvalue weighted by molar-refractivity contribution is 6.01. The third-order valence-corrected chi connectivity index (χ3v) is 6.19. The van der Waals surface area contributed by atoms with Gasteiger partial charge in [0.05, 0.1) is 17.6 Å². The Morgan fingerprint density at radius 3 is 2.80 bits per heavy atom. The fraction of sp³-hybridized carbons (Fsp3) is 0.565. The number of aromatic nitrogens is 2. The number of likely N-dealkylation sites (tertiary alicyclic amines) is 1. The van der Waals surface area contributed by atoms with E-state index in [1.807, 2.05) is 41.6 Å². The molecule has 1 N–H and O–H groups in total. The van der Waals surface area contributed by atoms with E-state index in [4.69, 9.17) is 4.98 Å². The first kappa shape index (κ1) is 20.8. The van der Waals surface area contributed by atoms with Gasteiger partial charge in [-0.15, -0.1) is 0 Å². The molecule has 1 atom stereocenters. The summed E-state index contributed by atoms with van der Waals surface area (Å²) in [6.45, 7) is 6.25. The van der Waals surface area contributed by atoms with Crippen molar-refractivity contribution in [2.45, 2.75) is 45.2 Å². The molecule has 2 saturated heterocycles. The van der Waals surface area contributed by atoms with Gasteiger partial charge >= 0.3 is 0 Å². The van der Waals surface area contributed by atoms with Crippen molar-refractivity contribution in [2.24, 2.45) is 7.05 Å². The standard InChI is InChI=1S/C23H32FN5O/c1-17-14-21-20(26-23(27(21)2)29-13-6-8-18(24)16-29)15-19(17)25-22(30)9-7-12-28-10-4-3-5-11-28/h7,9,14-15,18H,3-6,8,10-13,16H2,1-2H3,(H,25,30)/b9-7+. The maximum atomic E-state index is 13.9. The Morgan fingerprint density at radius 1 is 1.23 bits per heavy atom. The van der Waals surface area contributed by atoms with Crippen LogP contribution in [0.3, 0.4) is 0 Å². The summed E-state index contributed by atoms with van der Waals surface area (Å²) in [5.41, 5.74) is 3.55.